The van der Waals surface area contributed by atoms with Crippen LogP contribution in [0.1, 0.15) is 16.7 Å². The third-order valence-corrected chi connectivity index (χ3v) is 3.58. The van der Waals surface area contributed by atoms with Gasteiger partial charge in [0.1, 0.15) is 11.5 Å². The summed E-state index contributed by atoms with van der Waals surface area (Å²) in [6, 6.07) is 9.50. The minimum absolute atomic E-state index is 0.588. The topological polar surface area (TPSA) is 35.2 Å². The van der Waals surface area contributed by atoms with Gasteiger partial charge in [0.05, 0.1) is 5.02 Å². The molecule has 0 atom stereocenters. The molecule has 0 bridgehead atoms. The van der Waals surface area contributed by atoms with Crippen molar-refractivity contribution in [2.75, 3.05) is 6.54 Å². The smallest absolute Gasteiger partial charge is 0.146 e. The first-order valence-corrected chi connectivity index (χ1v) is 7.20. The van der Waals surface area contributed by atoms with Crippen LogP contribution in [0.4, 0.5) is 0 Å². The van der Waals surface area contributed by atoms with Crippen molar-refractivity contribution in [3.8, 4) is 11.5 Å². The molecule has 20 heavy (non-hydrogen) atoms. The minimum atomic E-state index is 0.588. The Morgan fingerprint density at radius 3 is 2.25 bits per heavy atom. The van der Waals surface area contributed by atoms with Gasteiger partial charge in [0.15, 0.2) is 0 Å². The Morgan fingerprint density at radius 2 is 1.70 bits per heavy atom. The van der Waals surface area contributed by atoms with Gasteiger partial charge in [0.2, 0.25) is 0 Å². The summed E-state index contributed by atoms with van der Waals surface area (Å²) in [5.41, 5.74) is 8.61. The van der Waals surface area contributed by atoms with Gasteiger partial charge in [-0.15, -0.1) is 0 Å². The van der Waals surface area contributed by atoms with E-state index < -0.39 is 0 Å². The number of hydrogen-bond donors (Lipinski definition) is 1. The molecule has 0 radical (unpaired) electrons. The average Bonchev–Trinajstić information content (AvgIpc) is 2.36. The molecule has 2 rings (SSSR count). The highest BCUT2D eigenvalue weighted by atomic mass is 35.5. The van der Waals surface area contributed by atoms with E-state index in [2.05, 4.69) is 0 Å². The molecule has 0 aromatic heterocycles. The molecule has 0 unspecified atom stereocenters. The van der Waals surface area contributed by atoms with Gasteiger partial charge in [-0.3, -0.25) is 0 Å². The lowest BCUT2D eigenvalue weighted by Gasteiger charge is -2.14. The van der Waals surface area contributed by atoms with E-state index in [1.165, 1.54) is 0 Å². The Morgan fingerprint density at radius 1 is 1.05 bits per heavy atom. The molecule has 2 N–H and O–H groups in total. The van der Waals surface area contributed by atoms with E-state index in [1.807, 2.05) is 44.2 Å². The molecule has 0 heterocycles. The molecule has 0 aliphatic heterocycles. The SMILES string of the molecule is Cc1cc(Cl)cc(C)c1Oc1ccc(CCN)cc1Cl. The number of nitrogens with two attached hydrogens (primary N) is 1. The summed E-state index contributed by atoms with van der Waals surface area (Å²) in [6.45, 7) is 4.53. The van der Waals surface area contributed by atoms with Crippen molar-refractivity contribution in [1.29, 1.82) is 0 Å². The number of halogens is 2. The fraction of sp³-hybridized carbons (Fsp3) is 0.250. The summed E-state index contributed by atoms with van der Waals surface area (Å²) in [6.07, 6.45) is 0.805. The van der Waals surface area contributed by atoms with Gasteiger partial charge < -0.3 is 10.5 Å². The molecule has 4 heteroatoms. The van der Waals surface area contributed by atoms with E-state index >= 15 is 0 Å². The van der Waals surface area contributed by atoms with Crippen LogP contribution in [0, 0.1) is 13.8 Å². The monoisotopic (exact) mass is 309 g/mol. The number of ether oxygens (including phenoxy) is 1. The molecule has 0 saturated carbocycles. The van der Waals surface area contributed by atoms with E-state index in [0.29, 0.717) is 22.3 Å². The maximum absolute atomic E-state index is 6.26. The molecule has 2 nitrogen and oxygen atoms in total. The second-order valence-electron chi connectivity index (χ2n) is 4.77. The first kappa shape index (κ1) is 15.2. The van der Waals surface area contributed by atoms with Crippen molar-refractivity contribution in [1.82, 2.24) is 0 Å². The molecule has 0 aliphatic carbocycles. The average molecular weight is 310 g/mol. The van der Waals surface area contributed by atoms with E-state index in [-0.39, 0.29) is 0 Å². The van der Waals surface area contributed by atoms with Crippen LogP contribution in [0.2, 0.25) is 10.0 Å². The molecule has 2 aromatic carbocycles. The van der Waals surface area contributed by atoms with E-state index in [4.69, 9.17) is 33.7 Å². The fourth-order valence-electron chi connectivity index (χ4n) is 2.12. The maximum atomic E-state index is 6.26. The molecule has 106 valence electrons. The maximum Gasteiger partial charge on any atom is 0.146 e. The highest BCUT2D eigenvalue weighted by Gasteiger charge is 2.10. The lowest BCUT2D eigenvalue weighted by Crippen LogP contribution is -2.02. The van der Waals surface area contributed by atoms with Crippen LogP contribution in [0.3, 0.4) is 0 Å². The van der Waals surface area contributed by atoms with Gasteiger partial charge >= 0.3 is 0 Å². The van der Waals surface area contributed by atoms with Gasteiger partial charge in [-0.05, 0) is 67.8 Å². The Kier molecular flexibility index (Phi) is 4.92. The Hall–Kier alpha value is -1.22. The van der Waals surface area contributed by atoms with Crippen molar-refractivity contribution in [2.45, 2.75) is 20.3 Å². The van der Waals surface area contributed by atoms with Crippen LogP contribution in [-0.2, 0) is 6.42 Å². The first-order valence-electron chi connectivity index (χ1n) is 6.44. The number of hydrogen-bond acceptors (Lipinski definition) is 2. The second kappa shape index (κ2) is 6.49. The second-order valence-corrected chi connectivity index (χ2v) is 5.62. The zero-order chi connectivity index (χ0) is 14.7. The molecule has 0 fully saturated rings. The van der Waals surface area contributed by atoms with Gasteiger partial charge in [-0.25, -0.2) is 0 Å². The number of benzene rings is 2. The van der Waals surface area contributed by atoms with Gasteiger partial charge in [-0.1, -0.05) is 29.3 Å². The summed E-state index contributed by atoms with van der Waals surface area (Å²) in [4.78, 5) is 0. The lowest BCUT2D eigenvalue weighted by molar-refractivity contribution is 0.475. The van der Waals surface area contributed by atoms with Crippen LogP contribution >= 0.6 is 23.2 Å². The summed E-state index contributed by atoms with van der Waals surface area (Å²) < 4.78 is 5.94. The molecule has 0 saturated heterocycles. The quantitative estimate of drug-likeness (QED) is 0.871. The largest absolute Gasteiger partial charge is 0.455 e. The van der Waals surface area contributed by atoms with Crippen molar-refractivity contribution in [2.24, 2.45) is 5.73 Å². The number of aryl methyl sites for hydroxylation is 2. The molecule has 0 spiro atoms. The Labute approximate surface area is 129 Å². The Balaban J connectivity index is 2.31. The van der Waals surface area contributed by atoms with Crippen LogP contribution < -0.4 is 10.5 Å². The van der Waals surface area contributed by atoms with E-state index in [9.17, 15) is 0 Å². The van der Waals surface area contributed by atoms with E-state index in [1.54, 1.807) is 0 Å². The zero-order valence-corrected chi connectivity index (χ0v) is 13.1. The van der Waals surface area contributed by atoms with Crippen LogP contribution in [-0.4, -0.2) is 6.54 Å². The summed E-state index contributed by atoms with van der Waals surface area (Å²) in [5, 5.41) is 1.29. The van der Waals surface area contributed by atoms with Gasteiger partial charge in [0, 0.05) is 5.02 Å². The lowest BCUT2D eigenvalue weighted by atomic mass is 10.1. The first-order chi connectivity index (χ1) is 9.51. The highest BCUT2D eigenvalue weighted by molar-refractivity contribution is 6.32. The molecule has 2 aromatic rings. The van der Waals surface area contributed by atoms with Crippen molar-refractivity contribution >= 4 is 23.2 Å². The summed E-state index contributed by atoms with van der Waals surface area (Å²) in [5.74, 6) is 1.43. The standard InChI is InChI=1S/C16H17Cl2NO/c1-10-7-13(17)8-11(2)16(10)20-15-4-3-12(5-6-19)9-14(15)18/h3-4,7-9H,5-6,19H2,1-2H3. The normalized spacial score (nSPS) is 10.7. The van der Waals surface area contributed by atoms with Crippen LogP contribution in [0.5, 0.6) is 11.5 Å². The van der Waals surface area contributed by atoms with E-state index in [0.717, 1.165) is 28.9 Å². The molecule has 0 aliphatic rings. The highest BCUT2D eigenvalue weighted by Crippen LogP contribution is 2.35. The molecular weight excluding hydrogens is 293 g/mol. The Bertz CT molecular complexity index is 603. The van der Waals surface area contributed by atoms with Crippen molar-refractivity contribution in [3.05, 3.63) is 57.1 Å². The third kappa shape index (κ3) is 3.45. The molecule has 0 amide bonds. The predicted molar refractivity (Wildman–Crippen MR) is 85.2 cm³/mol. The van der Waals surface area contributed by atoms with Gasteiger partial charge in [0.25, 0.3) is 0 Å². The summed E-state index contributed by atoms with van der Waals surface area (Å²) in [7, 11) is 0. The fourth-order valence-corrected chi connectivity index (χ4v) is 2.69. The molecular formula is C16H17Cl2NO. The van der Waals surface area contributed by atoms with Gasteiger partial charge in [-0.2, -0.15) is 0 Å². The third-order valence-electron chi connectivity index (χ3n) is 3.07. The van der Waals surface area contributed by atoms with Crippen LogP contribution in [0.25, 0.3) is 0 Å². The summed E-state index contributed by atoms with van der Waals surface area (Å²) >= 11 is 12.3. The minimum Gasteiger partial charge on any atom is -0.455 e. The van der Waals surface area contributed by atoms with Crippen LogP contribution in [0.15, 0.2) is 30.3 Å². The van der Waals surface area contributed by atoms with Crippen molar-refractivity contribution < 1.29 is 4.74 Å². The zero-order valence-electron chi connectivity index (χ0n) is 11.5. The predicted octanol–water partition coefficient (Wildman–Crippen LogP) is 4.90. The van der Waals surface area contributed by atoms with Crippen molar-refractivity contribution in [3.63, 3.8) is 0 Å². The number of rotatable bonds is 4.